The molecule has 0 fully saturated rings. The fourth-order valence-electron chi connectivity index (χ4n) is 1.85. The van der Waals surface area contributed by atoms with Gasteiger partial charge in [-0.05, 0) is 37.7 Å². The van der Waals surface area contributed by atoms with Crippen molar-refractivity contribution in [3.8, 4) is 0 Å². The average molecular weight is 257 g/mol. The Kier molecular flexibility index (Phi) is 6.34. The van der Waals surface area contributed by atoms with Gasteiger partial charge in [-0.2, -0.15) is 0 Å². The predicted octanol–water partition coefficient (Wildman–Crippen LogP) is 2.53. The molecule has 0 saturated carbocycles. The van der Waals surface area contributed by atoms with Crippen molar-refractivity contribution in [2.75, 3.05) is 38.8 Å². The van der Waals surface area contributed by atoms with Gasteiger partial charge in [-0.25, -0.2) is 0 Å². The Morgan fingerprint density at radius 3 is 2.76 bits per heavy atom. The topological polar surface area (TPSA) is 24.5 Å². The zero-order valence-electron chi connectivity index (χ0n) is 10.8. The SMILES string of the molecule is CCN(CCOC)c1ccc(Cl)cc1CNC. The lowest BCUT2D eigenvalue weighted by molar-refractivity contribution is 0.205. The summed E-state index contributed by atoms with van der Waals surface area (Å²) in [6.45, 7) is 5.55. The molecule has 1 aromatic carbocycles. The summed E-state index contributed by atoms with van der Waals surface area (Å²) < 4.78 is 5.14. The van der Waals surface area contributed by atoms with Crippen LogP contribution < -0.4 is 10.2 Å². The Morgan fingerprint density at radius 2 is 2.18 bits per heavy atom. The largest absolute Gasteiger partial charge is 0.383 e. The summed E-state index contributed by atoms with van der Waals surface area (Å²) in [5.41, 5.74) is 2.45. The second kappa shape index (κ2) is 7.54. The average Bonchev–Trinajstić information content (AvgIpc) is 2.32. The van der Waals surface area contributed by atoms with Gasteiger partial charge < -0.3 is 15.0 Å². The van der Waals surface area contributed by atoms with Crippen molar-refractivity contribution in [1.29, 1.82) is 0 Å². The molecule has 1 N–H and O–H groups in total. The van der Waals surface area contributed by atoms with E-state index in [1.807, 2.05) is 19.2 Å². The van der Waals surface area contributed by atoms with Gasteiger partial charge in [-0.1, -0.05) is 11.6 Å². The van der Waals surface area contributed by atoms with Crippen LogP contribution in [-0.4, -0.2) is 33.9 Å². The number of methoxy groups -OCH3 is 1. The second-order valence-corrected chi connectivity index (χ2v) is 4.31. The first kappa shape index (κ1) is 14.3. The molecule has 1 aromatic rings. The van der Waals surface area contributed by atoms with Crippen LogP contribution in [0, 0.1) is 0 Å². The normalized spacial score (nSPS) is 10.6. The Labute approximate surface area is 109 Å². The highest BCUT2D eigenvalue weighted by atomic mass is 35.5. The highest BCUT2D eigenvalue weighted by Gasteiger charge is 2.09. The first-order chi connectivity index (χ1) is 8.22. The van der Waals surface area contributed by atoms with Crippen molar-refractivity contribution in [3.05, 3.63) is 28.8 Å². The van der Waals surface area contributed by atoms with Gasteiger partial charge in [0.15, 0.2) is 0 Å². The second-order valence-electron chi connectivity index (χ2n) is 3.88. The summed E-state index contributed by atoms with van der Waals surface area (Å²) in [5, 5.41) is 3.95. The maximum Gasteiger partial charge on any atom is 0.0637 e. The van der Waals surface area contributed by atoms with Crippen LogP contribution in [0.25, 0.3) is 0 Å². The summed E-state index contributed by atoms with van der Waals surface area (Å²) in [7, 11) is 3.67. The van der Waals surface area contributed by atoms with Gasteiger partial charge in [-0.15, -0.1) is 0 Å². The smallest absolute Gasteiger partial charge is 0.0637 e. The van der Waals surface area contributed by atoms with E-state index in [4.69, 9.17) is 16.3 Å². The molecule has 0 spiro atoms. The highest BCUT2D eigenvalue weighted by Crippen LogP contribution is 2.24. The van der Waals surface area contributed by atoms with E-state index < -0.39 is 0 Å². The molecule has 0 bridgehead atoms. The number of benzene rings is 1. The summed E-state index contributed by atoms with van der Waals surface area (Å²) >= 11 is 6.03. The quantitative estimate of drug-likeness (QED) is 0.812. The number of halogens is 1. The highest BCUT2D eigenvalue weighted by molar-refractivity contribution is 6.30. The number of hydrogen-bond acceptors (Lipinski definition) is 3. The zero-order chi connectivity index (χ0) is 12.7. The Morgan fingerprint density at radius 1 is 1.41 bits per heavy atom. The van der Waals surface area contributed by atoms with E-state index in [1.54, 1.807) is 7.11 Å². The molecule has 0 radical (unpaired) electrons. The minimum Gasteiger partial charge on any atom is -0.383 e. The minimum absolute atomic E-state index is 0.732. The first-order valence-electron chi connectivity index (χ1n) is 5.89. The maximum absolute atomic E-state index is 6.03. The molecule has 0 atom stereocenters. The lowest BCUT2D eigenvalue weighted by atomic mass is 10.1. The van der Waals surface area contributed by atoms with E-state index in [2.05, 4.69) is 23.2 Å². The molecular formula is C13H21ClN2O. The van der Waals surface area contributed by atoms with E-state index in [9.17, 15) is 0 Å². The summed E-state index contributed by atoms with van der Waals surface area (Å²) in [6, 6.07) is 6.03. The molecule has 4 heteroatoms. The molecule has 0 aliphatic heterocycles. The molecule has 96 valence electrons. The maximum atomic E-state index is 6.03. The lowest BCUT2D eigenvalue weighted by Crippen LogP contribution is -2.28. The van der Waals surface area contributed by atoms with Gasteiger partial charge in [0.2, 0.25) is 0 Å². The molecule has 0 heterocycles. The number of ether oxygens (including phenoxy) is 1. The van der Waals surface area contributed by atoms with Gasteiger partial charge in [0.05, 0.1) is 6.61 Å². The molecule has 0 aromatic heterocycles. The van der Waals surface area contributed by atoms with Crippen molar-refractivity contribution < 1.29 is 4.74 Å². The number of nitrogens with one attached hydrogen (secondary N) is 1. The number of likely N-dealkylation sites (N-methyl/N-ethyl adjacent to an activating group) is 1. The van der Waals surface area contributed by atoms with Crippen LogP contribution in [0.4, 0.5) is 5.69 Å². The van der Waals surface area contributed by atoms with Crippen LogP contribution in [-0.2, 0) is 11.3 Å². The fraction of sp³-hybridized carbons (Fsp3) is 0.538. The third-order valence-electron chi connectivity index (χ3n) is 2.70. The van der Waals surface area contributed by atoms with Crippen LogP contribution >= 0.6 is 11.6 Å². The van der Waals surface area contributed by atoms with E-state index >= 15 is 0 Å². The van der Waals surface area contributed by atoms with E-state index in [-0.39, 0.29) is 0 Å². The number of rotatable bonds is 7. The van der Waals surface area contributed by atoms with Gasteiger partial charge in [0.25, 0.3) is 0 Å². The molecule has 3 nitrogen and oxygen atoms in total. The molecule has 0 aliphatic carbocycles. The van der Waals surface area contributed by atoms with Crippen LogP contribution in [0.2, 0.25) is 5.02 Å². The van der Waals surface area contributed by atoms with Crippen LogP contribution in [0.1, 0.15) is 12.5 Å². The van der Waals surface area contributed by atoms with Crippen molar-refractivity contribution in [3.63, 3.8) is 0 Å². The van der Waals surface area contributed by atoms with E-state index in [0.717, 1.165) is 31.3 Å². The number of anilines is 1. The first-order valence-corrected chi connectivity index (χ1v) is 6.27. The third kappa shape index (κ3) is 4.19. The monoisotopic (exact) mass is 256 g/mol. The molecule has 1 rings (SSSR count). The summed E-state index contributed by atoms with van der Waals surface area (Å²) in [6.07, 6.45) is 0. The van der Waals surface area contributed by atoms with E-state index in [1.165, 1.54) is 11.3 Å². The van der Waals surface area contributed by atoms with Gasteiger partial charge >= 0.3 is 0 Å². The van der Waals surface area contributed by atoms with Crippen molar-refractivity contribution in [2.24, 2.45) is 0 Å². The molecular weight excluding hydrogens is 236 g/mol. The molecule has 0 unspecified atom stereocenters. The third-order valence-corrected chi connectivity index (χ3v) is 2.93. The molecule has 0 aliphatic rings. The van der Waals surface area contributed by atoms with Crippen molar-refractivity contribution in [1.82, 2.24) is 5.32 Å². The number of hydrogen-bond donors (Lipinski definition) is 1. The van der Waals surface area contributed by atoms with Crippen LogP contribution in [0.5, 0.6) is 0 Å². The Balaban J connectivity index is 2.91. The van der Waals surface area contributed by atoms with Crippen LogP contribution in [0.3, 0.4) is 0 Å². The standard InChI is InChI=1S/C13H21ClN2O/c1-4-16(7-8-17-3)13-6-5-12(14)9-11(13)10-15-2/h5-6,9,15H,4,7-8,10H2,1-3H3. The van der Waals surface area contributed by atoms with Crippen LogP contribution in [0.15, 0.2) is 18.2 Å². The van der Waals surface area contributed by atoms with E-state index in [0.29, 0.717) is 0 Å². The Hall–Kier alpha value is -0.770. The fourth-order valence-corrected chi connectivity index (χ4v) is 2.04. The zero-order valence-corrected chi connectivity index (χ0v) is 11.5. The van der Waals surface area contributed by atoms with Gasteiger partial charge in [0.1, 0.15) is 0 Å². The summed E-state index contributed by atoms with van der Waals surface area (Å²) in [5.74, 6) is 0. The van der Waals surface area contributed by atoms with Crippen molar-refractivity contribution >= 4 is 17.3 Å². The van der Waals surface area contributed by atoms with Crippen molar-refractivity contribution in [2.45, 2.75) is 13.5 Å². The lowest BCUT2D eigenvalue weighted by Gasteiger charge is -2.25. The van der Waals surface area contributed by atoms with Gasteiger partial charge in [-0.3, -0.25) is 0 Å². The molecule has 0 saturated heterocycles. The number of nitrogens with zero attached hydrogens (tertiary/aromatic N) is 1. The molecule has 0 amide bonds. The van der Waals surface area contributed by atoms with Gasteiger partial charge in [0, 0.05) is 37.5 Å². The Bertz CT molecular complexity index is 344. The summed E-state index contributed by atoms with van der Waals surface area (Å²) in [4.78, 5) is 2.30. The molecule has 17 heavy (non-hydrogen) atoms. The minimum atomic E-state index is 0.732. The predicted molar refractivity (Wildman–Crippen MR) is 74.0 cm³/mol.